The van der Waals surface area contributed by atoms with Gasteiger partial charge < -0.3 is 15.5 Å². The summed E-state index contributed by atoms with van der Waals surface area (Å²) in [5, 5.41) is 6.33. The maximum absolute atomic E-state index is 12.9. The molecule has 1 aromatic carbocycles. The molecule has 9 heteroatoms. The van der Waals surface area contributed by atoms with Crippen LogP contribution in [0.4, 0.5) is 5.69 Å². The molecule has 2 fully saturated rings. The number of piperidine rings is 1. The minimum Gasteiger partial charge on any atom is -0.350 e. The van der Waals surface area contributed by atoms with Gasteiger partial charge in [0.2, 0.25) is 11.8 Å². The van der Waals surface area contributed by atoms with Gasteiger partial charge in [-0.05, 0) is 38.1 Å². The fourth-order valence-electron chi connectivity index (χ4n) is 3.62. The Morgan fingerprint density at radius 2 is 1.96 bits per heavy atom. The van der Waals surface area contributed by atoms with Gasteiger partial charge in [-0.2, -0.15) is 0 Å². The minimum absolute atomic E-state index is 0.120. The second kappa shape index (κ2) is 7.17. The van der Waals surface area contributed by atoms with Crippen LogP contribution in [0.1, 0.15) is 19.3 Å². The molecule has 2 aliphatic heterocycles. The average molecular weight is 400 g/mol. The number of amides is 2. The number of anilines is 1. The lowest BCUT2D eigenvalue weighted by molar-refractivity contribution is -0.125. The molecule has 0 aliphatic carbocycles. The van der Waals surface area contributed by atoms with E-state index in [-0.39, 0.29) is 31.7 Å². The molecule has 0 aromatic heterocycles. The number of rotatable bonds is 4. The molecular weight excluding hydrogens is 378 g/mol. The maximum Gasteiger partial charge on any atom is 0.241 e. The molecule has 1 atom stereocenters. The number of benzene rings is 1. The van der Waals surface area contributed by atoms with Crippen molar-refractivity contribution in [1.82, 2.24) is 10.6 Å². The van der Waals surface area contributed by atoms with Crippen molar-refractivity contribution in [3.05, 3.63) is 29.3 Å². The Labute approximate surface area is 158 Å². The molecule has 26 heavy (non-hydrogen) atoms. The van der Waals surface area contributed by atoms with Crippen LogP contribution in [0.2, 0.25) is 5.02 Å². The molecule has 0 saturated carbocycles. The first kappa shape index (κ1) is 19.1. The average Bonchev–Trinajstić information content (AvgIpc) is 2.95. The highest BCUT2D eigenvalue weighted by Crippen LogP contribution is 2.31. The number of carbonyl (C=O) groups excluding carboxylic acids is 2. The van der Waals surface area contributed by atoms with E-state index in [4.69, 9.17) is 11.6 Å². The molecule has 1 unspecified atom stereocenters. The van der Waals surface area contributed by atoms with Crippen LogP contribution in [0.25, 0.3) is 0 Å². The van der Waals surface area contributed by atoms with Crippen LogP contribution in [-0.4, -0.2) is 56.9 Å². The van der Waals surface area contributed by atoms with Crippen molar-refractivity contribution in [2.75, 3.05) is 30.8 Å². The topological polar surface area (TPSA) is 95.6 Å². The van der Waals surface area contributed by atoms with Gasteiger partial charge in [-0.1, -0.05) is 23.7 Å². The van der Waals surface area contributed by atoms with Crippen LogP contribution < -0.4 is 15.5 Å². The van der Waals surface area contributed by atoms with Crippen LogP contribution in [0.3, 0.4) is 0 Å². The first-order chi connectivity index (χ1) is 12.2. The maximum atomic E-state index is 12.9. The lowest BCUT2D eigenvalue weighted by Gasteiger charge is -2.35. The van der Waals surface area contributed by atoms with Gasteiger partial charge in [0.25, 0.3) is 0 Å². The zero-order valence-electron chi connectivity index (χ0n) is 14.5. The van der Waals surface area contributed by atoms with Crippen LogP contribution in [0, 0.1) is 0 Å². The molecule has 2 aliphatic rings. The summed E-state index contributed by atoms with van der Waals surface area (Å²) in [5.41, 5.74) is 0.593. The monoisotopic (exact) mass is 399 g/mol. The van der Waals surface area contributed by atoms with Gasteiger partial charge >= 0.3 is 0 Å². The van der Waals surface area contributed by atoms with Crippen molar-refractivity contribution in [3.63, 3.8) is 0 Å². The number of sulfone groups is 1. The molecule has 2 N–H and O–H groups in total. The Hall–Kier alpha value is -1.64. The minimum atomic E-state index is -3.59. The molecule has 1 aromatic rings. The molecule has 2 amide bonds. The molecule has 142 valence electrons. The lowest BCUT2D eigenvalue weighted by Crippen LogP contribution is -2.59. The summed E-state index contributed by atoms with van der Waals surface area (Å²) in [6.45, 7) is 1.21. The Morgan fingerprint density at radius 1 is 1.31 bits per heavy atom. The van der Waals surface area contributed by atoms with Gasteiger partial charge in [0.05, 0.1) is 16.8 Å². The summed E-state index contributed by atoms with van der Waals surface area (Å²) in [7, 11) is -3.59. The fourth-order valence-corrected chi connectivity index (χ4v) is 5.20. The molecular formula is C17H22ClN3O4S. The molecule has 7 nitrogen and oxygen atoms in total. The van der Waals surface area contributed by atoms with E-state index in [1.165, 1.54) is 4.90 Å². The van der Waals surface area contributed by atoms with E-state index in [2.05, 4.69) is 10.6 Å². The molecule has 2 saturated heterocycles. The summed E-state index contributed by atoms with van der Waals surface area (Å²) in [6, 6.07) is 6.56. The fraction of sp³-hybridized carbons (Fsp3) is 0.529. The number of nitrogens with zero attached hydrogens (tertiary/aromatic N) is 1. The van der Waals surface area contributed by atoms with Crippen molar-refractivity contribution in [1.29, 1.82) is 0 Å². The largest absolute Gasteiger partial charge is 0.350 e. The summed E-state index contributed by atoms with van der Waals surface area (Å²) in [4.78, 5) is 26.8. The standard InChI is InChI=1S/C17H22ClN3O4S/c1-26(24,25)17(6-8-19-9-7-17)16(23)20-12-10-15(22)21(11-12)14-5-3-2-4-13(14)18/h2-5,12,19H,6-11H2,1H3,(H,20,23). The first-order valence-electron chi connectivity index (χ1n) is 8.51. The second-order valence-corrected chi connectivity index (χ2v) is 9.58. The zero-order chi connectivity index (χ0) is 18.9. The van der Waals surface area contributed by atoms with Gasteiger partial charge in [-0.3, -0.25) is 9.59 Å². The summed E-state index contributed by atoms with van der Waals surface area (Å²) in [5.74, 6) is -0.664. The molecule has 0 radical (unpaired) electrons. The highest BCUT2D eigenvalue weighted by atomic mass is 35.5. The normalized spacial score (nSPS) is 23.1. The third kappa shape index (κ3) is 3.45. The summed E-state index contributed by atoms with van der Waals surface area (Å²) >= 11 is 6.16. The van der Waals surface area contributed by atoms with Crippen molar-refractivity contribution in [3.8, 4) is 0 Å². The van der Waals surface area contributed by atoms with E-state index in [9.17, 15) is 18.0 Å². The van der Waals surface area contributed by atoms with Crippen molar-refractivity contribution in [2.45, 2.75) is 30.1 Å². The Morgan fingerprint density at radius 3 is 2.58 bits per heavy atom. The van der Waals surface area contributed by atoms with E-state index < -0.39 is 26.5 Å². The predicted molar refractivity (Wildman–Crippen MR) is 100 cm³/mol. The third-order valence-corrected chi connectivity index (χ3v) is 7.47. The van der Waals surface area contributed by atoms with E-state index in [1.807, 2.05) is 0 Å². The number of nitrogens with one attached hydrogen (secondary N) is 2. The number of para-hydroxylation sites is 1. The van der Waals surface area contributed by atoms with E-state index in [0.29, 0.717) is 23.8 Å². The number of hydrogen-bond donors (Lipinski definition) is 2. The highest BCUT2D eigenvalue weighted by Gasteiger charge is 2.49. The number of hydrogen-bond acceptors (Lipinski definition) is 5. The predicted octanol–water partition coefficient (Wildman–Crippen LogP) is 0.728. The second-order valence-electron chi connectivity index (χ2n) is 6.85. The summed E-state index contributed by atoms with van der Waals surface area (Å²) < 4.78 is 23.2. The van der Waals surface area contributed by atoms with Gasteiger partial charge in [0.15, 0.2) is 14.6 Å². The highest BCUT2D eigenvalue weighted by molar-refractivity contribution is 7.92. The Kier molecular flexibility index (Phi) is 5.28. The van der Waals surface area contributed by atoms with Gasteiger partial charge in [0.1, 0.15) is 0 Å². The van der Waals surface area contributed by atoms with Crippen LogP contribution >= 0.6 is 11.6 Å². The van der Waals surface area contributed by atoms with Gasteiger partial charge in [-0.15, -0.1) is 0 Å². The summed E-state index contributed by atoms with van der Waals surface area (Å²) in [6.07, 6.45) is 1.68. The zero-order valence-corrected chi connectivity index (χ0v) is 16.1. The van der Waals surface area contributed by atoms with E-state index in [1.54, 1.807) is 24.3 Å². The lowest BCUT2D eigenvalue weighted by atomic mass is 9.95. The van der Waals surface area contributed by atoms with E-state index in [0.717, 1.165) is 6.26 Å². The molecule has 3 rings (SSSR count). The molecule has 0 bridgehead atoms. The van der Waals surface area contributed by atoms with Crippen molar-refractivity contribution in [2.24, 2.45) is 0 Å². The van der Waals surface area contributed by atoms with Crippen LogP contribution in [0.15, 0.2) is 24.3 Å². The van der Waals surface area contributed by atoms with Crippen LogP contribution in [-0.2, 0) is 19.4 Å². The SMILES string of the molecule is CS(=O)(=O)C1(C(=O)NC2CC(=O)N(c3ccccc3Cl)C2)CCNCC1. The van der Waals surface area contributed by atoms with Crippen molar-refractivity contribution >= 4 is 38.9 Å². The Balaban J connectivity index is 1.76. The van der Waals surface area contributed by atoms with Gasteiger partial charge in [0, 0.05) is 19.2 Å². The Bertz CT molecular complexity index is 821. The molecule has 2 heterocycles. The number of carbonyl (C=O) groups is 2. The number of halogens is 1. The first-order valence-corrected chi connectivity index (χ1v) is 10.8. The quantitative estimate of drug-likeness (QED) is 0.778. The smallest absolute Gasteiger partial charge is 0.241 e. The van der Waals surface area contributed by atoms with Gasteiger partial charge in [-0.25, -0.2) is 8.42 Å². The van der Waals surface area contributed by atoms with Crippen molar-refractivity contribution < 1.29 is 18.0 Å². The van der Waals surface area contributed by atoms with E-state index >= 15 is 0 Å². The van der Waals surface area contributed by atoms with Crippen LogP contribution in [0.5, 0.6) is 0 Å². The molecule has 0 spiro atoms. The third-order valence-electron chi connectivity index (χ3n) is 5.14.